The summed E-state index contributed by atoms with van der Waals surface area (Å²) >= 11 is 0. The van der Waals surface area contributed by atoms with E-state index in [-0.39, 0.29) is 6.54 Å². The fraction of sp³-hybridized carbons (Fsp3) is 0.625. The summed E-state index contributed by atoms with van der Waals surface area (Å²) in [7, 11) is -2.03. The number of rotatable bonds is 6. The quantitative estimate of drug-likeness (QED) is 0.856. The monoisotopic (exact) mass is 343 g/mol. The summed E-state index contributed by atoms with van der Waals surface area (Å²) in [5.74, 6) is -0.0689. The maximum Gasteiger partial charge on any atom is 0.241 e. The molecule has 1 N–H and O–H groups in total. The first-order chi connectivity index (χ1) is 10.8. The van der Waals surface area contributed by atoms with Gasteiger partial charge in [-0.3, -0.25) is 0 Å². The van der Waals surface area contributed by atoms with E-state index in [2.05, 4.69) is 4.72 Å². The van der Waals surface area contributed by atoms with Crippen molar-refractivity contribution in [2.45, 2.75) is 44.3 Å². The van der Waals surface area contributed by atoms with Crippen LogP contribution in [0, 0.1) is 13.8 Å². The molecule has 0 amide bonds. The van der Waals surface area contributed by atoms with Crippen LogP contribution >= 0.6 is 0 Å². The Morgan fingerprint density at radius 3 is 2.30 bits per heavy atom. The average Bonchev–Trinajstić information content (AvgIpc) is 2.46. The Hall–Kier alpha value is -1.15. The molecule has 0 saturated carbocycles. The van der Waals surface area contributed by atoms with Crippen LogP contribution in [0.4, 0.5) is 0 Å². The van der Waals surface area contributed by atoms with Crippen molar-refractivity contribution in [2.75, 3.05) is 26.9 Å². The molecule has 2 rings (SSSR count). The maximum atomic E-state index is 12.6. The van der Waals surface area contributed by atoms with E-state index in [1.807, 2.05) is 6.92 Å². The second kappa shape index (κ2) is 7.17. The van der Waals surface area contributed by atoms with Crippen LogP contribution in [0.25, 0.3) is 0 Å². The summed E-state index contributed by atoms with van der Waals surface area (Å²) in [5, 5.41) is 0. The Labute approximate surface area is 138 Å². The number of ether oxygens (including phenoxy) is 3. The van der Waals surface area contributed by atoms with E-state index in [1.54, 1.807) is 33.1 Å². The van der Waals surface area contributed by atoms with Crippen LogP contribution in [0.5, 0.6) is 5.75 Å². The van der Waals surface area contributed by atoms with Gasteiger partial charge in [-0.25, -0.2) is 13.1 Å². The Balaban J connectivity index is 2.07. The van der Waals surface area contributed by atoms with Gasteiger partial charge >= 0.3 is 0 Å². The first kappa shape index (κ1) is 18.2. The highest BCUT2D eigenvalue weighted by Crippen LogP contribution is 2.26. The van der Waals surface area contributed by atoms with E-state index >= 15 is 0 Å². The van der Waals surface area contributed by atoms with Crippen molar-refractivity contribution in [2.24, 2.45) is 0 Å². The lowest BCUT2D eigenvalue weighted by molar-refractivity contribution is -0.257. The lowest BCUT2D eigenvalue weighted by Gasteiger charge is -2.33. The van der Waals surface area contributed by atoms with Crippen LogP contribution in [0.1, 0.15) is 30.9 Å². The largest absolute Gasteiger partial charge is 0.497 e. The normalized spacial score (nSPS) is 17.9. The summed E-state index contributed by atoms with van der Waals surface area (Å²) in [4.78, 5) is 0.300. The molecule has 1 heterocycles. The third-order valence-electron chi connectivity index (χ3n) is 3.91. The van der Waals surface area contributed by atoms with E-state index in [0.717, 1.165) is 6.42 Å². The third-order valence-corrected chi connectivity index (χ3v) is 5.68. The molecular weight excluding hydrogens is 318 g/mol. The van der Waals surface area contributed by atoms with Gasteiger partial charge in [0.05, 0.1) is 25.2 Å². The van der Waals surface area contributed by atoms with Crippen LogP contribution in [-0.2, 0) is 19.5 Å². The molecule has 0 spiro atoms. The molecule has 0 radical (unpaired) electrons. The minimum Gasteiger partial charge on any atom is -0.497 e. The third kappa shape index (κ3) is 4.44. The predicted octanol–water partition coefficient (Wildman–Crippen LogP) is 2.13. The van der Waals surface area contributed by atoms with Gasteiger partial charge in [0.2, 0.25) is 10.0 Å². The van der Waals surface area contributed by atoms with Crippen LogP contribution in [0.3, 0.4) is 0 Å². The highest BCUT2D eigenvalue weighted by molar-refractivity contribution is 7.89. The summed E-state index contributed by atoms with van der Waals surface area (Å²) in [5.41, 5.74) is 1.32. The molecule has 1 aliphatic heterocycles. The Morgan fingerprint density at radius 1 is 1.22 bits per heavy atom. The highest BCUT2D eigenvalue weighted by Gasteiger charge is 2.29. The summed E-state index contributed by atoms with van der Waals surface area (Å²) in [6.07, 6.45) is 1.33. The molecule has 130 valence electrons. The van der Waals surface area contributed by atoms with Gasteiger partial charge in [0, 0.05) is 13.0 Å². The molecule has 1 saturated heterocycles. The number of hydrogen-bond acceptors (Lipinski definition) is 5. The van der Waals surface area contributed by atoms with E-state index in [0.29, 0.717) is 41.4 Å². The Kier molecular flexibility index (Phi) is 5.67. The van der Waals surface area contributed by atoms with Gasteiger partial charge < -0.3 is 14.2 Å². The van der Waals surface area contributed by atoms with Crippen molar-refractivity contribution in [3.63, 3.8) is 0 Å². The second-order valence-electron chi connectivity index (χ2n) is 5.92. The van der Waals surface area contributed by atoms with Gasteiger partial charge in [-0.1, -0.05) is 0 Å². The van der Waals surface area contributed by atoms with Crippen molar-refractivity contribution in [3.8, 4) is 5.75 Å². The summed E-state index contributed by atoms with van der Waals surface area (Å²) < 4.78 is 44.2. The maximum absolute atomic E-state index is 12.6. The molecule has 1 aromatic carbocycles. The zero-order chi connectivity index (χ0) is 17.1. The lowest BCUT2D eigenvalue weighted by atomic mass is 10.1. The fourth-order valence-corrected chi connectivity index (χ4v) is 4.24. The van der Waals surface area contributed by atoms with Crippen molar-refractivity contribution in [3.05, 3.63) is 23.3 Å². The summed E-state index contributed by atoms with van der Waals surface area (Å²) in [6.45, 7) is 6.89. The summed E-state index contributed by atoms with van der Waals surface area (Å²) in [6, 6.07) is 3.44. The molecule has 0 aromatic heterocycles. The average molecular weight is 343 g/mol. The molecule has 0 bridgehead atoms. The molecule has 0 unspecified atom stereocenters. The van der Waals surface area contributed by atoms with Crippen molar-refractivity contribution in [1.82, 2.24) is 4.72 Å². The van der Waals surface area contributed by atoms with E-state index < -0.39 is 15.8 Å². The first-order valence-corrected chi connectivity index (χ1v) is 9.18. The van der Waals surface area contributed by atoms with Gasteiger partial charge in [-0.05, 0) is 50.5 Å². The Morgan fingerprint density at radius 2 is 1.78 bits per heavy atom. The SMILES string of the molecule is COc1cc(C)c(S(=O)(=O)NCCC2(C)OCCCO2)c(C)c1. The minimum atomic E-state index is -3.59. The second-order valence-corrected chi connectivity index (χ2v) is 7.63. The zero-order valence-electron chi connectivity index (χ0n) is 14.1. The molecule has 7 heteroatoms. The topological polar surface area (TPSA) is 73.9 Å². The number of hydrogen-bond donors (Lipinski definition) is 1. The number of nitrogens with one attached hydrogen (secondary N) is 1. The number of sulfonamides is 1. The van der Waals surface area contributed by atoms with E-state index in [4.69, 9.17) is 14.2 Å². The number of methoxy groups -OCH3 is 1. The van der Waals surface area contributed by atoms with Gasteiger partial charge in [0.25, 0.3) is 0 Å². The van der Waals surface area contributed by atoms with Gasteiger partial charge in [0.1, 0.15) is 5.75 Å². The predicted molar refractivity (Wildman–Crippen MR) is 87.2 cm³/mol. The van der Waals surface area contributed by atoms with Crippen molar-refractivity contribution < 1.29 is 22.6 Å². The van der Waals surface area contributed by atoms with Crippen LogP contribution < -0.4 is 9.46 Å². The van der Waals surface area contributed by atoms with Gasteiger partial charge in [-0.15, -0.1) is 0 Å². The molecule has 0 atom stereocenters. The molecule has 6 nitrogen and oxygen atoms in total. The van der Waals surface area contributed by atoms with Crippen LogP contribution in [-0.4, -0.2) is 41.1 Å². The number of aryl methyl sites for hydroxylation is 2. The molecule has 0 aliphatic carbocycles. The lowest BCUT2D eigenvalue weighted by Crippen LogP contribution is -2.41. The highest BCUT2D eigenvalue weighted by atomic mass is 32.2. The fourth-order valence-electron chi connectivity index (χ4n) is 2.76. The molecular formula is C16H25NO5S. The smallest absolute Gasteiger partial charge is 0.241 e. The molecule has 23 heavy (non-hydrogen) atoms. The van der Waals surface area contributed by atoms with E-state index in [9.17, 15) is 8.42 Å². The number of benzene rings is 1. The standard InChI is InChI=1S/C16H25NO5S/c1-12-10-14(20-4)11-13(2)15(12)23(18,19)17-7-6-16(3)21-8-5-9-22-16/h10-11,17H,5-9H2,1-4H3. The van der Waals surface area contributed by atoms with Gasteiger partial charge in [-0.2, -0.15) is 0 Å². The molecule has 1 fully saturated rings. The van der Waals surface area contributed by atoms with Gasteiger partial charge in [0.15, 0.2) is 5.79 Å². The first-order valence-electron chi connectivity index (χ1n) is 7.70. The zero-order valence-corrected chi connectivity index (χ0v) is 15.0. The van der Waals surface area contributed by atoms with Crippen LogP contribution in [0.2, 0.25) is 0 Å². The minimum absolute atomic E-state index is 0.254. The molecule has 1 aromatic rings. The Bertz CT molecular complexity index is 627. The van der Waals surface area contributed by atoms with Crippen molar-refractivity contribution in [1.29, 1.82) is 0 Å². The van der Waals surface area contributed by atoms with E-state index in [1.165, 1.54) is 0 Å². The van der Waals surface area contributed by atoms with Crippen molar-refractivity contribution >= 4 is 10.0 Å². The van der Waals surface area contributed by atoms with Crippen LogP contribution in [0.15, 0.2) is 17.0 Å². The molecule has 1 aliphatic rings.